The Morgan fingerprint density at radius 1 is 0.414 bits per heavy atom. The summed E-state index contributed by atoms with van der Waals surface area (Å²) in [5.74, 6) is 0.155. The number of carbonyl (C=O) groups excluding carboxylic acids is 1. The summed E-state index contributed by atoms with van der Waals surface area (Å²) in [5, 5.41) is 71.6. The minimum atomic E-state index is -6.85. The standard InChI is InChI=1S/C19H16Cl2O2.C19H14Cl2.C18H11Cl2F3O3S.C17H12Cl2O.C11H9BrO.C6H5BCl2O2.C5H9ClO.C3H6.C2F6O5S2/c1-11-8-12-4-2-3-5-14(12)19(18(11)17(23)10-22)15-7-6-13(20)9-16(15)21;1-3-15-12(2)10-13-6-4-5-7-16(13)19(15)17-9-8-14(20)11-18(17)21;1-10-8-11-4-2-3-5-13(11)16(14-7-6-12(19)9-15(14)20)17(10)26-27(24,25)18(21,22)23;1-10-8-11-4-2-3-5-13(11)16(17(10)20)14-7-6-12(18)9-15(14)19;1-7-6-8-4-2-3-5-9(8)10(12)11(7)13;8-4-1-2-5(7(10)11)6(9)3-4;1-5(2,3)4(6)7;1-3-2;3-1(4,5)14(9,10)13-15(11,12)2(6,7)8/h2-9,17,22-23H,10H2,1H3;3-11H,1H2,2H3;2-9H,1H3;2-9,20H,1H3;2-6,13H,1H3;1-3,10-11H;1-3H3;3H,1H2,2H3;/t17-;;;;;;;;/m1......../s1. The molecule has 0 aliphatic heterocycles. The summed E-state index contributed by atoms with van der Waals surface area (Å²) in [7, 11) is -21.1. The first-order valence-corrected chi connectivity index (χ1v) is 49.6. The van der Waals surface area contributed by atoms with E-state index in [1.165, 1.54) is 53.6 Å². The lowest BCUT2D eigenvalue weighted by molar-refractivity contribution is -0.118. The third-order valence-electron chi connectivity index (χ3n) is 19.7. The molecule has 0 aliphatic carbocycles. The van der Waals surface area contributed by atoms with E-state index >= 15 is 0 Å². The number of rotatable bonds is 12. The molecule has 0 saturated heterocycles. The summed E-state index contributed by atoms with van der Waals surface area (Å²) >= 11 is 68.9. The number of phenolic OH excluding ortho intramolecular Hbond substituents is 2. The molecule has 0 fully saturated rings. The predicted molar refractivity (Wildman–Crippen MR) is 558 cm³/mol. The molecular weight excluding hydrogens is 2190 g/mol. The SMILES string of the molecule is C=CC.C=Cc1c(C)cc2ccccc2c1-c1ccc(Cl)cc1Cl.CC(C)(C)C(=O)Cl.Cc1cc2ccccc2c(-c2ccc(Cl)cc2Cl)c1O.Cc1cc2ccccc2c(-c2ccc(Cl)cc2Cl)c1OS(=O)(=O)C(F)(F)F.Cc1cc2ccccc2c(-c2ccc(Cl)cc2Cl)c1[C@H](O)CO.Cc1cc2ccccc2c(Br)c1O.O=S(=O)(OS(=O)(=O)C(F)(F)F)C(F)(F)F.OB(O)c1ccc(Cl)cc1Cl. The fourth-order valence-corrected chi connectivity index (χ4v) is 18.5. The van der Waals surface area contributed by atoms with E-state index in [2.05, 4.69) is 58.4 Å². The summed E-state index contributed by atoms with van der Waals surface area (Å²) in [6.45, 7) is 23.5. The molecule has 0 unspecified atom stereocenters. The number of aromatic hydroxyl groups is 2. The van der Waals surface area contributed by atoms with Crippen LogP contribution in [0.25, 0.3) is 104 Å². The number of aliphatic hydroxyl groups excluding tert-OH is 2. The summed E-state index contributed by atoms with van der Waals surface area (Å²) in [4.78, 5) is 10.2. The quantitative estimate of drug-likeness (QED) is 0.0166. The number of aliphatic hydroxyl groups is 2. The molecule has 140 heavy (non-hydrogen) atoms. The molecule has 15 rings (SSSR count). The van der Waals surface area contributed by atoms with Gasteiger partial charge in [-0.3, -0.25) is 4.79 Å². The number of hydrogen-bond donors (Lipinski definition) is 6. The molecule has 0 saturated carbocycles. The normalized spacial score (nSPS) is 11.7. The van der Waals surface area contributed by atoms with Crippen molar-refractivity contribution in [2.75, 3.05) is 6.61 Å². The average molecular weight is 2270 g/mol. The van der Waals surface area contributed by atoms with Crippen molar-refractivity contribution in [3.05, 3.63) is 356 Å². The van der Waals surface area contributed by atoms with E-state index in [1.807, 2.05) is 165 Å². The fraction of sp³-hybridized carbons (Fsp3) is 0.150. The molecule has 15 aromatic carbocycles. The van der Waals surface area contributed by atoms with Gasteiger partial charge in [0.25, 0.3) is 0 Å². The Balaban J connectivity index is 0.000000222. The molecule has 40 heteroatoms. The zero-order valence-corrected chi connectivity index (χ0v) is 86.9. The predicted octanol–water partition coefficient (Wildman–Crippen LogP) is 32.1. The van der Waals surface area contributed by atoms with Gasteiger partial charge < -0.3 is 34.7 Å². The van der Waals surface area contributed by atoms with Crippen LogP contribution in [0.5, 0.6) is 17.2 Å². The average Bonchev–Trinajstić information content (AvgIpc) is 0.768. The number of phenols is 2. The van der Waals surface area contributed by atoms with Gasteiger partial charge >= 0.3 is 54.0 Å². The summed E-state index contributed by atoms with van der Waals surface area (Å²) in [5.41, 5.74) is -6.67. The highest BCUT2D eigenvalue weighted by atomic mass is 79.9. The van der Waals surface area contributed by atoms with Crippen molar-refractivity contribution in [3.8, 4) is 61.8 Å². The van der Waals surface area contributed by atoms with Crippen LogP contribution in [0, 0.1) is 40.0 Å². The van der Waals surface area contributed by atoms with Crippen LogP contribution < -0.4 is 9.65 Å². The van der Waals surface area contributed by atoms with E-state index in [9.17, 15) is 90.0 Å². The molecule has 0 radical (unpaired) electrons. The molecule has 0 amide bonds. The molecule has 0 spiro atoms. The van der Waals surface area contributed by atoms with Gasteiger partial charge in [-0.25, -0.2) is 0 Å². The Morgan fingerprint density at radius 3 is 1.04 bits per heavy atom. The summed E-state index contributed by atoms with van der Waals surface area (Å²) < 4.78 is 177. The van der Waals surface area contributed by atoms with E-state index in [1.54, 1.807) is 93.6 Å². The number of carbonyl (C=O) groups is 1. The minimum absolute atomic E-state index is 0.139. The van der Waals surface area contributed by atoms with Crippen LogP contribution in [0.1, 0.15) is 72.7 Å². The van der Waals surface area contributed by atoms with Gasteiger partial charge in [-0.05, 0) is 252 Å². The van der Waals surface area contributed by atoms with Crippen molar-refractivity contribution < 1.29 is 108 Å². The maximum atomic E-state index is 12.9. The van der Waals surface area contributed by atoms with Gasteiger partial charge in [0.1, 0.15) is 17.6 Å². The van der Waals surface area contributed by atoms with Crippen LogP contribution in [-0.2, 0) is 38.8 Å². The largest absolute Gasteiger partial charge is 0.534 e. The lowest BCUT2D eigenvalue weighted by atomic mass is 9.80. The molecule has 1 atom stereocenters. The monoisotopic (exact) mass is 2260 g/mol. The molecule has 6 N–H and O–H groups in total. The third-order valence-corrected chi connectivity index (χ3v) is 27.4. The molecule has 0 aromatic heterocycles. The number of halogens is 21. The zero-order chi connectivity index (χ0) is 105. The van der Waals surface area contributed by atoms with Crippen LogP contribution in [0.3, 0.4) is 0 Å². The van der Waals surface area contributed by atoms with Crippen molar-refractivity contribution in [2.45, 2.75) is 84.9 Å². The number of benzene rings is 15. The van der Waals surface area contributed by atoms with E-state index in [-0.39, 0.29) is 49.6 Å². The van der Waals surface area contributed by atoms with Gasteiger partial charge in [-0.2, -0.15) is 64.8 Å². The first-order chi connectivity index (χ1) is 65.1. The molecule has 15 aromatic rings. The van der Waals surface area contributed by atoms with E-state index in [0.29, 0.717) is 67.8 Å². The first-order valence-electron chi connectivity index (χ1n) is 40.4. The zero-order valence-electron chi connectivity index (χ0n) is 74.5. The number of alkyl halides is 9. The van der Waals surface area contributed by atoms with Crippen LogP contribution in [-0.4, -0.2) is 91.2 Å². The van der Waals surface area contributed by atoms with Gasteiger partial charge in [-0.1, -0.05) is 319 Å². The highest BCUT2D eigenvalue weighted by molar-refractivity contribution is 9.10. The second-order valence-electron chi connectivity index (χ2n) is 31.0. The van der Waals surface area contributed by atoms with Crippen LogP contribution in [0.15, 0.2) is 266 Å². The number of hydrogen-bond acceptors (Lipinski definition) is 15. The number of fused-ring (bicyclic) bond motifs is 5. The van der Waals surface area contributed by atoms with Crippen molar-refractivity contribution >= 4 is 252 Å². The maximum Gasteiger partial charge on any atom is 0.534 e. The minimum Gasteiger partial charge on any atom is -0.507 e. The van der Waals surface area contributed by atoms with Gasteiger partial charge in [-0.15, -0.1) is 10.2 Å². The second-order valence-corrected chi connectivity index (χ2v) is 41.1. The van der Waals surface area contributed by atoms with Crippen molar-refractivity contribution in [3.63, 3.8) is 0 Å². The van der Waals surface area contributed by atoms with Crippen LogP contribution >= 0.6 is 144 Å². The third kappa shape index (κ3) is 30.5. The number of allylic oxidation sites excluding steroid dienone is 1. The molecule has 15 nitrogen and oxygen atoms in total. The Bertz CT molecular complexity index is 7430. The summed E-state index contributed by atoms with van der Waals surface area (Å²) in [6.07, 6.45) is 2.67. The highest BCUT2D eigenvalue weighted by Gasteiger charge is 2.57. The van der Waals surface area contributed by atoms with E-state index in [0.717, 1.165) is 92.4 Å². The smallest absolute Gasteiger partial charge is 0.507 e. The molecule has 0 bridgehead atoms. The van der Waals surface area contributed by atoms with Crippen LogP contribution in [0.4, 0.5) is 39.5 Å². The molecule has 0 heterocycles. The summed E-state index contributed by atoms with van der Waals surface area (Å²) in [6, 6.07) is 73.7. The second kappa shape index (κ2) is 50.4. The topological polar surface area (TPSA) is 259 Å². The lowest BCUT2D eigenvalue weighted by Gasteiger charge is -2.20. The Hall–Kier alpha value is -9.10. The highest BCUT2D eigenvalue weighted by Crippen LogP contribution is 2.49. The van der Waals surface area contributed by atoms with E-state index < -0.39 is 65.9 Å². The lowest BCUT2D eigenvalue weighted by Crippen LogP contribution is -2.34. The van der Waals surface area contributed by atoms with Gasteiger partial charge in [0.15, 0.2) is 5.75 Å². The van der Waals surface area contributed by atoms with Crippen molar-refractivity contribution in [1.82, 2.24) is 0 Å². The Kier molecular flexibility index (Phi) is 42.4. The fourth-order valence-electron chi connectivity index (χ4n) is 13.2. The van der Waals surface area contributed by atoms with Crippen molar-refractivity contribution in [2.24, 2.45) is 5.41 Å². The Labute approximate surface area is 866 Å². The van der Waals surface area contributed by atoms with Crippen molar-refractivity contribution in [1.29, 1.82) is 0 Å². The molecular formula is C100H82BBrCl11F9O15S3. The van der Waals surface area contributed by atoms with Crippen LogP contribution in [0.2, 0.25) is 50.2 Å². The maximum absolute atomic E-state index is 12.9. The Morgan fingerprint density at radius 2 is 0.700 bits per heavy atom. The van der Waals surface area contributed by atoms with Gasteiger partial charge in [0.05, 0.1) is 21.1 Å². The molecule has 0 aliphatic rings. The van der Waals surface area contributed by atoms with E-state index in [4.69, 9.17) is 138 Å². The van der Waals surface area contributed by atoms with Gasteiger partial charge in [0.2, 0.25) is 5.24 Å². The molecule has 740 valence electrons. The van der Waals surface area contributed by atoms with Gasteiger partial charge in [0, 0.05) is 84.4 Å². The number of aryl methyl sites for hydroxylation is 5. The first kappa shape index (κ1) is 118.